The molecule has 2 rings (SSSR count). The van der Waals surface area contributed by atoms with E-state index in [9.17, 15) is 9.18 Å². The van der Waals surface area contributed by atoms with E-state index in [-0.39, 0.29) is 17.3 Å². The molecule has 7 heteroatoms. The number of carbonyl (C=O) groups excluding carboxylic acids is 1. The standard InChI is InChI=1S/C13H18FN5O/c1-13(2,3)17-11(20)6-7-15-12-16-10-5-4-9(14)8-19(10)18-12/h4-5,8H,6-7H2,1-3H3,(H,15,18)(H,17,20). The monoisotopic (exact) mass is 279 g/mol. The second kappa shape index (κ2) is 5.44. The van der Waals surface area contributed by atoms with Crippen molar-refractivity contribution >= 4 is 17.5 Å². The maximum Gasteiger partial charge on any atom is 0.243 e. The van der Waals surface area contributed by atoms with Gasteiger partial charge in [0.15, 0.2) is 5.65 Å². The van der Waals surface area contributed by atoms with Crippen molar-refractivity contribution < 1.29 is 9.18 Å². The zero-order chi connectivity index (χ0) is 14.8. The maximum atomic E-state index is 13.0. The van der Waals surface area contributed by atoms with Gasteiger partial charge in [-0.3, -0.25) is 4.79 Å². The topological polar surface area (TPSA) is 71.3 Å². The van der Waals surface area contributed by atoms with Crippen molar-refractivity contribution in [3.05, 3.63) is 24.1 Å². The Balaban J connectivity index is 1.88. The van der Waals surface area contributed by atoms with Crippen LogP contribution in [0.3, 0.4) is 0 Å². The molecule has 0 aliphatic carbocycles. The molecule has 2 N–H and O–H groups in total. The maximum absolute atomic E-state index is 13.0. The molecule has 0 aliphatic rings. The lowest BCUT2D eigenvalue weighted by Crippen LogP contribution is -2.41. The summed E-state index contributed by atoms with van der Waals surface area (Å²) in [5.41, 5.74) is 0.309. The Morgan fingerprint density at radius 1 is 1.40 bits per heavy atom. The smallest absolute Gasteiger partial charge is 0.243 e. The summed E-state index contributed by atoms with van der Waals surface area (Å²) in [5.74, 6) is -0.0440. The van der Waals surface area contributed by atoms with E-state index < -0.39 is 0 Å². The number of amides is 1. The van der Waals surface area contributed by atoms with E-state index in [2.05, 4.69) is 20.7 Å². The molecular formula is C13H18FN5O. The molecule has 0 fully saturated rings. The molecule has 0 aromatic carbocycles. The Hall–Kier alpha value is -2.18. The van der Waals surface area contributed by atoms with E-state index in [1.54, 1.807) is 6.07 Å². The highest BCUT2D eigenvalue weighted by molar-refractivity contribution is 5.77. The van der Waals surface area contributed by atoms with Gasteiger partial charge in [-0.05, 0) is 32.9 Å². The van der Waals surface area contributed by atoms with Crippen LogP contribution in [0.15, 0.2) is 18.3 Å². The first kappa shape index (κ1) is 14.2. The minimum atomic E-state index is -0.376. The Labute approximate surface area is 116 Å². The summed E-state index contributed by atoms with van der Waals surface area (Å²) < 4.78 is 14.4. The third-order valence-corrected chi connectivity index (χ3v) is 2.44. The lowest BCUT2D eigenvalue weighted by atomic mass is 10.1. The van der Waals surface area contributed by atoms with Crippen molar-refractivity contribution in [1.29, 1.82) is 0 Å². The summed E-state index contributed by atoms with van der Waals surface area (Å²) in [6.45, 7) is 6.20. The summed E-state index contributed by atoms with van der Waals surface area (Å²) in [6, 6.07) is 2.87. The number of nitrogens with one attached hydrogen (secondary N) is 2. The molecule has 20 heavy (non-hydrogen) atoms. The molecule has 2 aromatic rings. The van der Waals surface area contributed by atoms with Crippen LogP contribution in [0, 0.1) is 5.82 Å². The van der Waals surface area contributed by atoms with Crippen molar-refractivity contribution in [2.24, 2.45) is 0 Å². The first-order chi connectivity index (χ1) is 9.33. The number of rotatable bonds is 4. The number of anilines is 1. The third kappa shape index (κ3) is 3.91. The average molecular weight is 279 g/mol. The molecule has 2 heterocycles. The number of nitrogens with zero attached hydrogens (tertiary/aromatic N) is 3. The summed E-state index contributed by atoms with van der Waals surface area (Å²) in [4.78, 5) is 15.8. The van der Waals surface area contributed by atoms with Crippen LogP contribution in [0.5, 0.6) is 0 Å². The largest absolute Gasteiger partial charge is 0.352 e. The van der Waals surface area contributed by atoms with Crippen LogP contribution in [0.25, 0.3) is 5.65 Å². The minimum Gasteiger partial charge on any atom is -0.352 e. The molecule has 0 atom stereocenters. The lowest BCUT2D eigenvalue weighted by Gasteiger charge is -2.20. The number of fused-ring (bicyclic) bond motifs is 1. The summed E-state index contributed by atoms with van der Waals surface area (Å²) in [6.07, 6.45) is 1.57. The highest BCUT2D eigenvalue weighted by Gasteiger charge is 2.13. The van der Waals surface area contributed by atoms with Crippen LogP contribution in [0.4, 0.5) is 10.3 Å². The Kier molecular flexibility index (Phi) is 3.87. The fraction of sp³-hybridized carbons (Fsp3) is 0.462. The van der Waals surface area contributed by atoms with E-state index in [0.29, 0.717) is 24.6 Å². The van der Waals surface area contributed by atoms with E-state index in [1.165, 1.54) is 16.8 Å². The van der Waals surface area contributed by atoms with Gasteiger partial charge in [0.25, 0.3) is 0 Å². The minimum absolute atomic E-state index is 0.0418. The number of carbonyl (C=O) groups is 1. The molecule has 2 aromatic heterocycles. The van der Waals surface area contributed by atoms with E-state index in [4.69, 9.17) is 0 Å². The van der Waals surface area contributed by atoms with Gasteiger partial charge < -0.3 is 10.6 Å². The number of aromatic nitrogens is 3. The lowest BCUT2D eigenvalue weighted by molar-refractivity contribution is -0.122. The van der Waals surface area contributed by atoms with Gasteiger partial charge in [0.2, 0.25) is 11.9 Å². The van der Waals surface area contributed by atoms with Crippen molar-refractivity contribution in [3.8, 4) is 0 Å². The van der Waals surface area contributed by atoms with Crippen LogP contribution in [-0.4, -0.2) is 32.6 Å². The summed E-state index contributed by atoms with van der Waals surface area (Å²) in [7, 11) is 0. The van der Waals surface area contributed by atoms with Gasteiger partial charge in [-0.2, -0.15) is 4.98 Å². The molecule has 0 saturated carbocycles. The fourth-order valence-corrected chi connectivity index (χ4v) is 1.70. The molecule has 0 aliphatic heterocycles. The second-order valence-corrected chi connectivity index (χ2v) is 5.56. The van der Waals surface area contributed by atoms with Gasteiger partial charge in [0.05, 0.1) is 6.20 Å². The van der Waals surface area contributed by atoms with E-state index in [1.807, 2.05) is 20.8 Å². The van der Waals surface area contributed by atoms with Gasteiger partial charge >= 0.3 is 0 Å². The summed E-state index contributed by atoms with van der Waals surface area (Å²) >= 11 is 0. The van der Waals surface area contributed by atoms with Crippen molar-refractivity contribution in [2.45, 2.75) is 32.7 Å². The van der Waals surface area contributed by atoms with Crippen LogP contribution in [0.1, 0.15) is 27.2 Å². The van der Waals surface area contributed by atoms with E-state index in [0.717, 1.165) is 0 Å². The van der Waals surface area contributed by atoms with Crippen molar-refractivity contribution in [1.82, 2.24) is 19.9 Å². The zero-order valence-electron chi connectivity index (χ0n) is 11.8. The average Bonchev–Trinajstić information content (AvgIpc) is 2.68. The highest BCUT2D eigenvalue weighted by atomic mass is 19.1. The molecule has 1 amide bonds. The molecular weight excluding hydrogens is 261 g/mol. The first-order valence-corrected chi connectivity index (χ1v) is 6.40. The Bertz CT molecular complexity index is 617. The molecule has 108 valence electrons. The number of hydrogen-bond donors (Lipinski definition) is 2. The van der Waals surface area contributed by atoms with Crippen molar-refractivity contribution in [3.63, 3.8) is 0 Å². The van der Waals surface area contributed by atoms with Crippen LogP contribution in [-0.2, 0) is 4.79 Å². The fourth-order valence-electron chi connectivity index (χ4n) is 1.70. The van der Waals surface area contributed by atoms with Crippen LogP contribution >= 0.6 is 0 Å². The Morgan fingerprint density at radius 3 is 2.85 bits per heavy atom. The normalized spacial score (nSPS) is 11.6. The van der Waals surface area contributed by atoms with Gasteiger partial charge in [0, 0.05) is 18.5 Å². The molecule has 0 spiro atoms. The van der Waals surface area contributed by atoms with Crippen LogP contribution in [0.2, 0.25) is 0 Å². The molecule has 0 saturated heterocycles. The van der Waals surface area contributed by atoms with Gasteiger partial charge in [0.1, 0.15) is 5.82 Å². The van der Waals surface area contributed by atoms with E-state index >= 15 is 0 Å². The Morgan fingerprint density at radius 2 is 2.15 bits per heavy atom. The van der Waals surface area contributed by atoms with Gasteiger partial charge in [-0.15, -0.1) is 5.10 Å². The quantitative estimate of drug-likeness (QED) is 0.891. The predicted molar refractivity (Wildman–Crippen MR) is 73.9 cm³/mol. The van der Waals surface area contributed by atoms with Crippen molar-refractivity contribution in [2.75, 3.05) is 11.9 Å². The zero-order valence-corrected chi connectivity index (χ0v) is 11.8. The molecule has 6 nitrogen and oxygen atoms in total. The SMILES string of the molecule is CC(C)(C)NC(=O)CCNc1nc2ccc(F)cn2n1. The van der Waals surface area contributed by atoms with Gasteiger partial charge in [-0.1, -0.05) is 0 Å². The van der Waals surface area contributed by atoms with Crippen LogP contribution < -0.4 is 10.6 Å². The highest BCUT2D eigenvalue weighted by Crippen LogP contribution is 2.06. The molecule has 0 radical (unpaired) electrons. The molecule has 0 unspecified atom stereocenters. The first-order valence-electron chi connectivity index (χ1n) is 6.40. The number of hydrogen-bond acceptors (Lipinski definition) is 4. The number of halogens is 1. The second-order valence-electron chi connectivity index (χ2n) is 5.56. The van der Waals surface area contributed by atoms with Gasteiger partial charge in [-0.25, -0.2) is 8.91 Å². The summed E-state index contributed by atoms with van der Waals surface area (Å²) in [5, 5.41) is 9.88. The third-order valence-electron chi connectivity index (χ3n) is 2.44. The number of pyridine rings is 1. The molecule has 0 bridgehead atoms. The predicted octanol–water partition coefficient (Wildman–Crippen LogP) is 1.59.